The Morgan fingerprint density at radius 3 is 2.80 bits per heavy atom. The monoisotopic (exact) mass is 228 g/mol. The Hall–Kier alpha value is -0.180. The molecule has 0 aromatic heterocycles. The van der Waals surface area contributed by atoms with Crippen molar-refractivity contribution in [3.63, 3.8) is 0 Å². The van der Waals surface area contributed by atoms with Gasteiger partial charge in [0.25, 0.3) is 0 Å². The van der Waals surface area contributed by atoms with E-state index >= 15 is 0 Å². The molecule has 0 saturated heterocycles. The van der Waals surface area contributed by atoms with Gasteiger partial charge in [-0.25, -0.2) is 0 Å². The SMILES string of the molecule is CCC(C)CNC1=NCC(CC(C)C)S1. The molecule has 2 nitrogen and oxygen atoms in total. The summed E-state index contributed by atoms with van der Waals surface area (Å²) in [6, 6.07) is 0. The molecule has 0 fully saturated rings. The van der Waals surface area contributed by atoms with Gasteiger partial charge >= 0.3 is 0 Å². The predicted molar refractivity (Wildman–Crippen MR) is 70.6 cm³/mol. The van der Waals surface area contributed by atoms with Gasteiger partial charge in [-0.15, -0.1) is 0 Å². The van der Waals surface area contributed by atoms with E-state index < -0.39 is 0 Å². The first-order valence-electron chi connectivity index (χ1n) is 6.06. The van der Waals surface area contributed by atoms with Crippen LogP contribution in [0.1, 0.15) is 40.5 Å². The molecule has 0 spiro atoms. The van der Waals surface area contributed by atoms with Gasteiger partial charge in [-0.2, -0.15) is 0 Å². The molecule has 88 valence electrons. The number of thioether (sulfide) groups is 1. The fourth-order valence-electron chi connectivity index (χ4n) is 1.57. The zero-order chi connectivity index (χ0) is 11.3. The van der Waals surface area contributed by atoms with Crippen molar-refractivity contribution in [2.24, 2.45) is 16.8 Å². The highest BCUT2D eigenvalue weighted by molar-refractivity contribution is 8.14. The Morgan fingerprint density at radius 1 is 1.47 bits per heavy atom. The summed E-state index contributed by atoms with van der Waals surface area (Å²) in [5, 5.41) is 5.33. The Balaban J connectivity index is 2.18. The smallest absolute Gasteiger partial charge is 0.156 e. The van der Waals surface area contributed by atoms with Crippen molar-refractivity contribution in [2.45, 2.75) is 45.8 Å². The molecular weight excluding hydrogens is 204 g/mol. The largest absolute Gasteiger partial charge is 0.365 e. The second-order valence-corrected chi connectivity index (χ2v) is 6.20. The summed E-state index contributed by atoms with van der Waals surface area (Å²) in [6.45, 7) is 11.1. The average molecular weight is 228 g/mol. The highest BCUT2D eigenvalue weighted by Crippen LogP contribution is 2.25. The van der Waals surface area contributed by atoms with Crippen molar-refractivity contribution in [3.8, 4) is 0 Å². The number of aliphatic imine (C=N–C) groups is 1. The molecule has 0 aliphatic carbocycles. The predicted octanol–water partition coefficient (Wildman–Crippen LogP) is 3.14. The van der Waals surface area contributed by atoms with Gasteiger partial charge in [-0.1, -0.05) is 45.9 Å². The fraction of sp³-hybridized carbons (Fsp3) is 0.917. The third-order valence-electron chi connectivity index (χ3n) is 2.75. The maximum atomic E-state index is 4.54. The Bertz CT molecular complexity index is 214. The van der Waals surface area contributed by atoms with Crippen LogP contribution in [0.5, 0.6) is 0 Å². The van der Waals surface area contributed by atoms with Gasteiger partial charge in [0.1, 0.15) is 0 Å². The molecule has 3 heteroatoms. The molecule has 0 saturated carbocycles. The summed E-state index contributed by atoms with van der Waals surface area (Å²) >= 11 is 1.93. The summed E-state index contributed by atoms with van der Waals surface area (Å²) in [5.74, 6) is 1.53. The lowest BCUT2D eigenvalue weighted by Crippen LogP contribution is -2.25. The van der Waals surface area contributed by atoms with Gasteiger partial charge in [-0.3, -0.25) is 4.99 Å². The van der Waals surface area contributed by atoms with Gasteiger partial charge in [0.15, 0.2) is 5.17 Å². The van der Waals surface area contributed by atoms with Crippen molar-refractivity contribution in [1.82, 2.24) is 5.32 Å². The minimum atomic E-state index is 0.712. The lowest BCUT2D eigenvalue weighted by atomic mass is 10.1. The Labute approximate surface area is 98.3 Å². The lowest BCUT2D eigenvalue weighted by molar-refractivity contribution is 0.550. The first-order valence-corrected chi connectivity index (χ1v) is 6.94. The van der Waals surface area contributed by atoms with Gasteiger partial charge < -0.3 is 5.32 Å². The second-order valence-electron chi connectivity index (χ2n) is 4.91. The number of hydrogen-bond donors (Lipinski definition) is 1. The Morgan fingerprint density at radius 2 is 2.20 bits per heavy atom. The number of nitrogens with one attached hydrogen (secondary N) is 1. The minimum absolute atomic E-state index is 0.712. The van der Waals surface area contributed by atoms with Crippen LogP contribution in [-0.2, 0) is 0 Å². The Kier molecular flexibility index (Phi) is 5.51. The van der Waals surface area contributed by atoms with Crippen LogP contribution in [0.2, 0.25) is 0 Å². The van der Waals surface area contributed by atoms with Crippen molar-refractivity contribution in [2.75, 3.05) is 13.1 Å². The molecule has 2 atom stereocenters. The van der Waals surface area contributed by atoms with E-state index in [9.17, 15) is 0 Å². The molecular formula is C12H24N2S. The summed E-state index contributed by atoms with van der Waals surface area (Å²) in [5.41, 5.74) is 0. The van der Waals surface area contributed by atoms with E-state index in [-0.39, 0.29) is 0 Å². The van der Waals surface area contributed by atoms with E-state index in [1.807, 2.05) is 11.8 Å². The summed E-state index contributed by atoms with van der Waals surface area (Å²) in [6.07, 6.45) is 2.52. The van der Waals surface area contributed by atoms with E-state index in [0.29, 0.717) is 5.25 Å². The van der Waals surface area contributed by atoms with Gasteiger partial charge in [0.2, 0.25) is 0 Å². The van der Waals surface area contributed by atoms with Gasteiger partial charge in [0.05, 0.1) is 6.54 Å². The van der Waals surface area contributed by atoms with Crippen molar-refractivity contribution in [1.29, 1.82) is 0 Å². The number of nitrogens with zero attached hydrogens (tertiary/aromatic N) is 1. The third-order valence-corrected chi connectivity index (χ3v) is 3.92. The van der Waals surface area contributed by atoms with Crippen molar-refractivity contribution in [3.05, 3.63) is 0 Å². The van der Waals surface area contributed by atoms with Crippen LogP contribution < -0.4 is 5.32 Å². The van der Waals surface area contributed by atoms with E-state index in [0.717, 1.165) is 24.9 Å². The van der Waals surface area contributed by atoms with Crippen LogP contribution in [0.25, 0.3) is 0 Å². The van der Waals surface area contributed by atoms with Crippen LogP contribution >= 0.6 is 11.8 Å². The van der Waals surface area contributed by atoms with Crippen LogP contribution in [0.15, 0.2) is 4.99 Å². The first-order chi connectivity index (χ1) is 7.11. The van der Waals surface area contributed by atoms with E-state index in [1.165, 1.54) is 18.0 Å². The maximum absolute atomic E-state index is 4.54. The molecule has 2 unspecified atom stereocenters. The maximum Gasteiger partial charge on any atom is 0.156 e. The van der Waals surface area contributed by atoms with E-state index in [2.05, 4.69) is 38.0 Å². The third kappa shape index (κ3) is 4.92. The van der Waals surface area contributed by atoms with Gasteiger partial charge in [-0.05, 0) is 18.3 Å². The number of rotatable bonds is 5. The molecule has 1 aliphatic rings. The molecule has 0 bridgehead atoms. The molecule has 1 heterocycles. The highest BCUT2D eigenvalue weighted by Gasteiger charge is 2.20. The molecule has 0 radical (unpaired) electrons. The van der Waals surface area contributed by atoms with E-state index in [1.54, 1.807) is 0 Å². The zero-order valence-corrected chi connectivity index (χ0v) is 11.2. The molecule has 1 N–H and O–H groups in total. The van der Waals surface area contributed by atoms with E-state index in [4.69, 9.17) is 0 Å². The number of amidine groups is 1. The van der Waals surface area contributed by atoms with Crippen molar-refractivity contribution >= 4 is 16.9 Å². The highest BCUT2D eigenvalue weighted by atomic mass is 32.2. The molecule has 15 heavy (non-hydrogen) atoms. The second kappa shape index (κ2) is 6.41. The minimum Gasteiger partial charge on any atom is -0.365 e. The summed E-state index contributed by atoms with van der Waals surface area (Å²) in [7, 11) is 0. The number of hydrogen-bond acceptors (Lipinski definition) is 3. The average Bonchev–Trinajstić information content (AvgIpc) is 2.61. The first kappa shape index (κ1) is 12.9. The fourth-order valence-corrected chi connectivity index (χ4v) is 2.83. The molecule has 0 amide bonds. The van der Waals surface area contributed by atoms with Gasteiger partial charge in [0, 0.05) is 11.8 Å². The standard InChI is InChI=1S/C12H24N2S/c1-5-10(4)7-13-12-14-8-11(15-12)6-9(2)3/h9-11H,5-8H2,1-4H3,(H,13,14). The zero-order valence-electron chi connectivity index (χ0n) is 10.4. The molecule has 1 rings (SSSR count). The summed E-state index contributed by atoms with van der Waals surface area (Å²) in [4.78, 5) is 4.54. The molecule has 0 aromatic carbocycles. The van der Waals surface area contributed by atoms with Crippen LogP contribution in [0.3, 0.4) is 0 Å². The normalized spacial score (nSPS) is 23.0. The summed E-state index contributed by atoms with van der Waals surface area (Å²) < 4.78 is 0. The topological polar surface area (TPSA) is 24.4 Å². The van der Waals surface area contributed by atoms with Crippen LogP contribution in [0.4, 0.5) is 0 Å². The van der Waals surface area contributed by atoms with Crippen LogP contribution in [0, 0.1) is 11.8 Å². The quantitative estimate of drug-likeness (QED) is 0.782. The molecule has 0 aromatic rings. The molecule has 1 aliphatic heterocycles. The lowest BCUT2D eigenvalue weighted by Gasteiger charge is -2.13. The van der Waals surface area contributed by atoms with Crippen molar-refractivity contribution < 1.29 is 0 Å². The van der Waals surface area contributed by atoms with Crippen LogP contribution in [-0.4, -0.2) is 23.5 Å².